The molecule has 0 bridgehead atoms. The van der Waals surface area contributed by atoms with Crippen LogP contribution in [0.1, 0.15) is 18.0 Å². The summed E-state index contributed by atoms with van der Waals surface area (Å²) in [5.41, 5.74) is 0.436. The van der Waals surface area contributed by atoms with E-state index in [0.29, 0.717) is 30.9 Å². The Morgan fingerprint density at radius 2 is 2.26 bits per heavy atom. The van der Waals surface area contributed by atoms with Gasteiger partial charge in [0.25, 0.3) is 0 Å². The summed E-state index contributed by atoms with van der Waals surface area (Å²) < 4.78 is 19.4. The molecule has 0 spiro atoms. The third-order valence-corrected chi connectivity index (χ3v) is 4.61. The van der Waals surface area contributed by atoms with Gasteiger partial charge in [0, 0.05) is 30.8 Å². The minimum atomic E-state index is -0.498. The summed E-state index contributed by atoms with van der Waals surface area (Å²) in [7, 11) is 0. The van der Waals surface area contributed by atoms with Crippen LogP contribution in [0.4, 0.5) is 15.0 Å². The Morgan fingerprint density at radius 1 is 1.37 bits per heavy atom. The first kappa shape index (κ1) is 17.1. The van der Waals surface area contributed by atoms with Crippen LogP contribution >= 0.6 is 0 Å². The molecule has 1 aromatic heterocycles. The van der Waals surface area contributed by atoms with Gasteiger partial charge in [-0.3, -0.25) is 10.00 Å². The van der Waals surface area contributed by atoms with Crippen LogP contribution in [0.5, 0.6) is 5.75 Å². The standard InChI is InChI=1S/C18H18FN5O3/c19-12-2-3-16(25)14(8-12)15-9-13(10-24(15)17-4-6-21-22-17)27-18(26)23-7-1-5-20-11-23/h1-6,8,11,13,15,25H,7,9-10H2,(H,21,22)/t13-,15?/m1/s1. The average molecular weight is 371 g/mol. The van der Waals surface area contributed by atoms with Crippen LogP contribution in [-0.2, 0) is 4.74 Å². The maximum Gasteiger partial charge on any atom is 0.415 e. The molecule has 9 heteroatoms. The van der Waals surface area contributed by atoms with E-state index in [9.17, 15) is 14.3 Å². The monoisotopic (exact) mass is 371 g/mol. The Bertz CT molecular complexity index is 883. The number of rotatable bonds is 3. The molecule has 1 saturated heterocycles. The fourth-order valence-electron chi connectivity index (χ4n) is 3.36. The van der Waals surface area contributed by atoms with Crippen molar-refractivity contribution in [3.05, 3.63) is 54.1 Å². The van der Waals surface area contributed by atoms with Gasteiger partial charge in [0.15, 0.2) is 0 Å². The van der Waals surface area contributed by atoms with E-state index in [1.54, 1.807) is 24.5 Å². The smallest absolute Gasteiger partial charge is 0.415 e. The normalized spacial score (nSPS) is 21.7. The highest BCUT2D eigenvalue weighted by Gasteiger charge is 2.38. The van der Waals surface area contributed by atoms with Gasteiger partial charge in [0.1, 0.15) is 29.8 Å². The predicted molar refractivity (Wildman–Crippen MR) is 96.0 cm³/mol. The van der Waals surface area contributed by atoms with E-state index in [2.05, 4.69) is 15.2 Å². The number of carbonyl (C=O) groups is 1. The lowest BCUT2D eigenvalue weighted by molar-refractivity contribution is 0.0888. The van der Waals surface area contributed by atoms with Gasteiger partial charge in [0.05, 0.1) is 18.8 Å². The van der Waals surface area contributed by atoms with E-state index in [4.69, 9.17) is 4.74 Å². The SMILES string of the molecule is O=C(O[C@@H]1CC(c2cc(F)ccc2O)N(c2ccn[nH]2)C1)N1C=NC=CC1. The number of ether oxygens (including phenoxy) is 1. The molecule has 0 radical (unpaired) electrons. The number of H-pyrrole nitrogens is 1. The lowest BCUT2D eigenvalue weighted by Gasteiger charge is -2.25. The second kappa shape index (κ2) is 7.10. The third-order valence-electron chi connectivity index (χ3n) is 4.61. The molecular weight excluding hydrogens is 353 g/mol. The number of hydrogen-bond donors (Lipinski definition) is 2. The van der Waals surface area contributed by atoms with E-state index >= 15 is 0 Å². The summed E-state index contributed by atoms with van der Waals surface area (Å²) in [5.74, 6) is 0.250. The molecule has 1 fully saturated rings. The van der Waals surface area contributed by atoms with Crippen LogP contribution < -0.4 is 4.90 Å². The van der Waals surface area contributed by atoms with Crippen LogP contribution in [0.2, 0.25) is 0 Å². The zero-order valence-corrected chi connectivity index (χ0v) is 14.3. The summed E-state index contributed by atoms with van der Waals surface area (Å²) in [6.07, 6.45) is 5.85. The van der Waals surface area contributed by atoms with Gasteiger partial charge in [-0.2, -0.15) is 5.10 Å². The van der Waals surface area contributed by atoms with Crippen LogP contribution in [0.25, 0.3) is 0 Å². The number of phenols is 1. The fraction of sp³-hybridized carbons (Fsp3) is 0.278. The van der Waals surface area contributed by atoms with Gasteiger partial charge in [-0.1, -0.05) is 0 Å². The van der Waals surface area contributed by atoms with Gasteiger partial charge >= 0.3 is 6.09 Å². The minimum absolute atomic E-state index is 0.00815. The summed E-state index contributed by atoms with van der Waals surface area (Å²) in [6, 6.07) is 5.24. The van der Waals surface area contributed by atoms with Crippen molar-refractivity contribution >= 4 is 18.2 Å². The molecule has 2 atom stereocenters. The number of carbonyl (C=O) groups excluding carboxylic acids is 1. The van der Waals surface area contributed by atoms with Crippen LogP contribution in [0.3, 0.4) is 0 Å². The van der Waals surface area contributed by atoms with Crippen molar-refractivity contribution in [2.24, 2.45) is 4.99 Å². The molecule has 3 heterocycles. The number of hydrogen-bond acceptors (Lipinski definition) is 6. The lowest BCUT2D eigenvalue weighted by atomic mass is 10.0. The largest absolute Gasteiger partial charge is 0.508 e. The van der Waals surface area contributed by atoms with Gasteiger partial charge in [-0.25, -0.2) is 14.2 Å². The molecule has 2 N–H and O–H groups in total. The van der Waals surface area contributed by atoms with Crippen molar-refractivity contribution in [3.63, 3.8) is 0 Å². The second-order valence-corrected chi connectivity index (χ2v) is 6.36. The number of aromatic hydroxyl groups is 1. The number of benzene rings is 1. The average Bonchev–Trinajstić information content (AvgIpc) is 3.34. The number of nitrogens with zero attached hydrogens (tertiary/aromatic N) is 4. The van der Waals surface area contributed by atoms with E-state index < -0.39 is 18.0 Å². The number of aliphatic imine (C=N–C) groups is 1. The van der Waals surface area contributed by atoms with Crippen molar-refractivity contribution in [2.75, 3.05) is 18.0 Å². The Kier molecular flexibility index (Phi) is 4.49. The molecular formula is C18H18FN5O3. The van der Waals surface area contributed by atoms with Gasteiger partial charge < -0.3 is 14.7 Å². The zero-order valence-electron chi connectivity index (χ0n) is 14.3. The number of anilines is 1. The number of nitrogens with one attached hydrogen (secondary N) is 1. The molecule has 0 aliphatic carbocycles. The van der Waals surface area contributed by atoms with E-state index in [1.165, 1.54) is 29.4 Å². The van der Waals surface area contributed by atoms with Crippen molar-refractivity contribution in [2.45, 2.75) is 18.6 Å². The molecule has 1 unspecified atom stereocenters. The number of aromatic nitrogens is 2. The number of aromatic amines is 1. The first-order valence-corrected chi connectivity index (χ1v) is 8.52. The molecule has 27 heavy (non-hydrogen) atoms. The zero-order chi connectivity index (χ0) is 18.8. The van der Waals surface area contributed by atoms with E-state index in [0.717, 1.165) is 0 Å². The Balaban J connectivity index is 1.56. The van der Waals surface area contributed by atoms with Crippen molar-refractivity contribution < 1.29 is 19.0 Å². The highest BCUT2D eigenvalue weighted by molar-refractivity contribution is 5.83. The van der Waals surface area contributed by atoms with Gasteiger partial charge in [-0.05, 0) is 24.3 Å². The van der Waals surface area contributed by atoms with E-state index in [1.807, 2.05) is 4.90 Å². The highest BCUT2D eigenvalue weighted by atomic mass is 19.1. The summed E-state index contributed by atoms with van der Waals surface area (Å²) in [4.78, 5) is 19.5. The van der Waals surface area contributed by atoms with Crippen LogP contribution in [0, 0.1) is 5.82 Å². The quantitative estimate of drug-likeness (QED) is 0.865. The van der Waals surface area contributed by atoms with Crippen LogP contribution in [0.15, 0.2) is 47.7 Å². The van der Waals surface area contributed by atoms with Gasteiger partial charge in [-0.15, -0.1) is 0 Å². The molecule has 0 saturated carbocycles. The molecule has 1 aromatic carbocycles. The Hall–Kier alpha value is -3.36. The van der Waals surface area contributed by atoms with Crippen molar-refractivity contribution in [1.82, 2.24) is 15.1 Å². The molecule has 2 aromatic rings. The summed E-state index contributed by atoms with van der Waals surface area (Å²) >= 11 is 0. The molecule has 8 nitrogen and oxygen atoms in total. The maximum absolute atomic E-state index is 13.8. The second-order valence-electron chi connectivity index (χ2n) is 6.36. The Labute approximate surface area is 154 Å². The first-order chi connectivity index (χ1) is 13.1. The predicted octanol–water partition coefficient (Wildman–Crippen LogP) is 2.57. The van der Waals surface area contributed by atoms with E-state index in [-0.39, 0.29) is 11.8 Å². The number of halogens is 1. The third kappa shape index (κ3) is 3.48. The lowest BCUT2D eigenvalue weighted by Crippen LogP contribution is -2.35. The molecule has 1 amide bonds. The molecule has 4 rings (SSSR count). The van der Waals surface area contributed by atoms with Crippen molar-refractivity contribution in [3.8, 4) is 5.75 Å². The molecule has 2 aliphatic heterocycles. The summed E-state index contributed by atoms with van der Waals surface area (Å²) in [5, 5.41) is 17.0. The number of phenolic OH excluding ortho intramolecular Hbond substituents is 1. The minimum Gasteiger partial charge on any atom is -0.508 e. The van der Waals surface area contributed by atoms with Gasteiger partial charge in [0.2, 0.25) is 0 Å². The van der Waals surface area contributed by atoms with Crippen LogP contribution in [-0.4, -0.2) is 51.8 Å². The fourth-order valence-corrected chi connectivity index (χ4v) is 3.36. The number of amides is 1. The topological polar surface area (TPSA) is 94.0 Å². The molecule has 2 aliphatic rings. The Morgan fingerprint density at radius 3 is 3.00 bits per heavy atom. The maximum atomic E-state index is 13.8. The van der Waals surface area contributed by atoms with Crippen molar-refractivity contribution in [1.29, 1.82) is 0 Å². The highest BCUT2D eigenvalue weighted by Crippen LogP contribution is 2.40. The molecule has 140 valence electrons. The first-order valence-electron chi connectivity index (χ1n) is 8.52. The summed E-state index contributed by atoms with van der Waals surface area (Å²) in [6.45, 7) is 0.781.